The van der Waals surface area contributed by atoms with E-state index >= 15 is 0 Å². The Morgan fingerprint density at radius 1 is 1.44 bits per heavy atom. The first-order valence-corrected chi connectivity index (χ1v) is 6.92. The molecule has 0 heterocycles. The SMILES string of the molecule is NS(=O)(=O)c1ccc(F)c(C(=O)OCC2CC2)c1. The van der Waals surface area contributed by atoms with Crippen LogP contribution in [-0.2, 0) is 14.8 Å². The van der Waals surface area contributed by atoms with Gasteiger partial charge in [0, 0.05) is 0 Å². The molecule has 0 saturated heterocycles. The van der Waals surface area contributed by atoms with Crippen LogP contribution in [0.1, 0.15) is 23.2 Å². The molecule has 1 aromatic rings. The van der Waals surface area contributed by atoms with Crippen molar-refractivity contribution in [1.82, 2.24) is 0 Å². The van der Waals surface area contributed by atoms with Crippen LogP contribution in [0.5, 0.6) is 0 Å². The summed E-state index contributed by atoms with van der Waals surface area (Å²) in [7, 11) is -3.97. The summed E-state index contributed by atoms with van der Waals surface area (Å²) in [6.45, 7) is 0.234. The van der Waals surface area contributed by atoms with Crippen LogP contribution in [-0.4, -0.2) is 21.0 Å². The van der Waals surface area contributed by atoms with Crippen molar-refractivity contribution in [3.05, 3.63) is 29.6 Å². The van der Waals surface area contributed by atoms with Crippen LogP contribution in [0.2, 0.25) is 0 Å². The van der Waals surface area contributed by atoms with Crippen molar-refractivity contribution in [2.45, 2.75) is 17.7 Å². The van der Waals surface area contributed by atoms with Crippen LogP contribution in [0.25, 0.3) is 0 Å². The number of hydrogen-bond acceptors (Lipinski definition) is 4. The third kappa shape index (κ3) is 3.05. The van der Waals surface area contributed by atoms with Gasteiger partial charge in [0.15, 0.2) is 0 Å². The lowest BCUT2D eigenvalue weighted by Gasteiger charge is -2.06. The first-order chi connectivity index (χ1) is 8.38. The number of ether oxygens (including phenoxy) is 1. The molecular weight excluding hydrogens is 261 g/mol. The van der Waals surface area contributed by atoms with Crippen molar-refractivity contribution >= 4 is 16.0 Å². The predicted octanol–water partition coefficient (Wildman–Crippen LogP) is 1.04. The maximum atomic E-state index is 13.4. The highest BCUT2D eigenvalue weighted by Crippen LogP contribution is 2.29. The summed E-state index contributed by atoms with van der Waals surface area (Å²) in [6, 6.07) is 2.77. The first kappa shape index (κ1) is 13.0. The fourth-order valence-electron chi connectivity index (χ4n) is 1.39. The molecule has 98 valence electrons. The van der Waals surface area contributed by atoms with E-state index in [0.717, 1.165) is 31.0 Å². The highest BCUT2D eigenvalue weighted by molar-refractivity contribution is 7.89. The fourth-order valence-corrected chi connectivity index (χ4v) is 1.93. The Hall–Kier alpha value is -1.47. The lowest BCUT2D eigenvalue weighted by Crippen LogP contribution is -2.15. The zero-order chi connectivity index (χ0) is 13.3. The Morgan fingerprint density at radius 3 is 2.67 bits per heavy atom. The molecule has 0 unspecified atom stereocenters. The van der Waals surface area contributed by atoms with Crippen molar-refractivity contribution in [3.8, 4) is 0 Å². The van der Waals surface area contributed by atoms with E-state index in [2.05, 4.69) is 0 Å². The molecule has 2 N–H and O–H groups in total. The monoisotopic (exact) mass is 273 g/mol. The highest BCUT2D eigenvalue weighted by atomic mass is 32.2. The molecular formula is C11H12FNO4S. The molecule has 18 heavy (non-hydrogen) atoms. The van der Waals surface area contributed by atoms with Crippen molar-refractivity contribution in [1.29, 1.82) is 0 Å². The van der Waals surface area contributed by atoms with Gasteiger partial charge < -0.3 is 4.74 Å². The summed E-state index contributed by atoms with van der Waals surface area (Å²) in [4.78, 5) is 11.3. The van der Waals surface area contributed by atoms with Crippen LogP contribution in [0.3, 0.4) is 0 Å². The van der Waals surface area contributed by atoms with E-state index in [1.54, 1.807) is 0 Å². The Kier molecular flexibility index (Phi) is 3.36. The Balaban J connectivity index is 2.22. The maximum absolute atomic E-state index is 13.4. The van der Waals surface area contributed by atoms with Crippen LogP contribution < -0.4 is 5.14 Å². The molecule has 7 heteroatoms. The van der Waals surface area contributed by atoms with Gasteiger partial charge in [0.05, 0.1) is 17.1 Å². The Bertz CT molecular complexity index is 581. The van der Waals surface area contributed by atoms with Crippen molar-refractivity contribution in [2.75, 3.05) is 6.61 Å². The standard InChI is InChI=1S/C11H12FNO4S/c12-10-4-3-8(18(13,15)16)5-9(10)11(14)17-6-7-1-2-7/h3-5,7H,1-2,6H2,(H2,13,15,16). The minimum absolute atomic E-state index is 0.234. The maximum Gasteiger partial charge on any atom is 0.341 e. The normalized spacial score (nSPS) is 15.4. The molecule has 0 radical (unpaired) electrons. The number of hydrogen-bond donors (Lipinski definition) is 1. The minimum atomic E-state index is -3.97. The molecule has 0 amide bonds. The summed E-state index contributed by atoms with van der Waals surface area (Å²) in [5, 5.41) is 4.91. The zero-order valence-corrected chi connectivity index (χ0v) is 10.2. The van der Waals surface area contributed by atoms with Gasteiger partial charge in [0.1, 0.15) is 5.82 Å². The molecule has 5 nitrogen and oxygen atoms in total. The smallest absolute Gasteiger partial charge is 0.341 e. The topological polar surface area (TPSA) is 86.5 Å². The summed E-state index contributed by atoms with van der Waals surface area (Å²) in [6.07, 6.45) is 1.99. The molecule has 1 saturated carbocycles. The van der Waals surface area contributed by atoms with Gasteiger partial charge in [-0.1, -0.05) is 0 Å². The molecule has 0 spiro atoms. The molecule has 2 rings (SSSR count). The van der Waals surface area contributed by atoms with E-state index in [1.165, 1.54) is 0 Å². The minimum Gasteiger partial charge on any atom is -0.462 e. The van der Waals surface area contributed by atoms with Gasteiger partial charge in [-0.15, -0.1) is 0 Å². The number of carbonyl (C=O) groups excluding carboxylic acids is 1. The average molecular weight is 273 g/mol. The van der Waals surface area contributed by atoms with Crippen LogP contribution in [0.4, 0.5) is 4.39 Å². The van der Waals surface area contributed by atoms with Gasteiger partial charge in [0.2, 0.25) is 10.0 Å². The number of primary sulfonamides is 1. The quantitative estimate of drug-likeness (QED) is 0.830. The number of sulfonamides is 1. The van der Waals surface area contributed by atoms with E-state index in [-0.39, 0.29) is 11.5 Å². The number of halogens is 1. The number of rotatable bonds is 4. The van der Waals surface area contributed by atoms with E-state index in [9.17, 15) is 17.6 Å². The first-order valence-electron chi connectivity index (χ1n) is 5.37. The van der Waals surface area contributed by atoms with Gasteiger partial charge in [-0.3, -0.25) is 0 Å². The fraction of sp³-hybridized carbons (Fsp3) is 0.364. The average Bonchev–Trinajstić information content (AvgIpc) is 3.08. The van der Waals surface area contributed by atoms with Crippen LogP contribution >= 0.6 is 0 Å². The zero-order valence-electron chi connectivity index (χ0n) is 9.43. The molecule has 0 aliphatic heterocycles. The van der Waals surface area contributed by atoms with Gasteiger partial charge in [0.25, 0.3) is 0 Å². The lowest BCUT2D eigenvalue weighted by molar-refractivity contribution is 0.0480. The molecule has 0 aromatic heterocycles. The Labute approximate surface area is 104 Å². The van der Waals surface area contributed by atoms with Gasteiger partial charge in [-0.25, -0.2) is 22.7 Å². The summed E-state index contributed by atoms with van der Waals surface area (Å²) in [5.41, 5.74) is -0.415. The summed E-state index contributed by atoms with van der Waals surface area (Å²) in [5.74, 6) is -1.36. The second-order valence-electron chi connectivity index (χ2n) is 4.23. The number of carbonyl (C=O) groups is 1. The predicted molar refractivity (Wildman–Crippen MR) is 60.8 cm³/mol. The van der Waals surface area contributed by atoms with E-state index < -0.39 is 27.4 Å². The van der Waals surface area contributed by atoms with Crippen LogP contribution in [0.15, 0.2) is 23.1 Å². The second kappa shape index (κ2) is 4.66. The van der Waals surface area contributed by atoms with Crippen LogP contribution in [0, 0.1) is 11.7 Å². The summed E-state index contributed by atoms with van der Waals surface area (Å²) < 4.78 is 40.5. The molecule has 1 aliphatic rings. The van der Waals surface area contributed by atoms with E-state index in [0.29, 0.717) is 5.92 Å². The lowest BCUT2D eigenvalue weighted by atomic mass is 10.2. The van der Waals surface area contributed by atoms with Crippen molar-refractivity contribution in [2.24, 2.45) is 11.1 Å². The highest BCUT2D eigenvalue weighted by Gasteiger charge is 2.24. The van der Waals surface area contributed by atoms with Crippen molar-refractivity contribution in [3.63, 3.8) is 0 Å². The third-order valence-electron chi connectivity index (χ3n) is 2.63. The molecule has 0 bridgehead atoms. The molecule has 1 aromatic carbocycles. The largest absolute Gasteiger partial charge is 0.462 e. The van der Waals surface area contributed by atoms with Gasteiger partial charge >= 0.3 is 5.97 Å². The Morgan fingerprint density at radius 2 is 2.11 bits per heavy atom. The number of esters is 1. The molecule has 1 fully saturated rings. The molecule has 0 atom stereocenters. The van der Waals surface area contributed by atoms with Crippen molar-refractivity contribution < 1.29 is 22.3 Å². The van der Waals surface area contributed by atoms with Gasteiger partial charge in [-0.2, -0.15) is 0 Å². The van der Waals surface area contributed by atoms with E-state index in [4.69, 9.17) is 9.88 Å². The summed E-state index contributed by atoms with van der Waals surface area (Å²) >= 11 is 0. The van der Waals surface area contributed by atoms with Gasteiger partial charge in [-0.05, 0) is 37.0 Å². The molecule has 1 aliphatic carbocycles. The second-order valence-corrected chi connectivity index (χ2v) is 5.79. The van der Waals surface area contributed by atoms with E-state index in [1.807, 2.05) is 0 Å². The number of nitrogens with two attached hydrogens (primary N) is 1. The number of benzene rings is 1. The third-order valence-corrected chi connectivity index (χ3v) is 3.54.